The molecule has 0 aliphatic carbocycles. The fourth-order valence-electron chi connectivity index (χ4n) is 3.15. The maximum Gasteiger partial charge on any atom is 0.0472 e. The number of rotatable bonds is 3. The van der Waals surface area contributed by atoms with Crippen LogP contribution in [-0.4, -0.2) is 32.1 Å². The van der Waals surface area contributed by atoms with Gasteiger partial charge in [0, 0.05) is 37.4 Å². The molecule has 2 nitrogen and oxygen atoms in total. The van der Waals surface area contributed by atoms with Crippen molar-refractivity contribution in [1.82, 2.24) is 0 Å². The van der Waals surface area contributed by atoms with Crippen molar-refractivity contribution in [2.75, 3.05) is 37.0 Å². The number of benzene rings is 1. The van der Waals surface area contributed by atoms with Crippen molar-refractivity contribution >= 4 is 18.3 Å². The van der Waals surface area contributed by atoms with Crippen molar-refractivity contribution < 1.29 is 4.74 Å². The van der Waals surface area contributed by atoms with Crippen molar-refractivity contribution in [2.24, 2.45) is 5.41 Å². The lowest BCUT2D eigenvalue weighted by atomic mass is 9.81. The van der Waals surface area contributed by atoms with E-state index in [1.165, 1.54) is 17.7 Å². The summed E-state index contributed by atoms with van der Waals surface area (Å²) in [6.07, 6.45) is 3.49. The van der Waals surface area contributed by atoms with Gasteiger partial charge in [-0.25, -0.2) is 0 Å². The number of nitrogens with zero attached hydrogens (tertiary/aromatic N) is 1. The average molecular weight is 263 g/mol. The number of ether oxygens (including phenoxy) is 1. The number of para-hydroxylation sites is 1. The van der Waals surface area contributed by atoms with Crippen LogP contribution >= 0.6 is 12.6 Å². The first kappa shape index (κ1) is 12.4. The summed E-state index contributed by atoms with van der Waals surface area (Å²) in [5.41, 5.74) is 3.28. The molecule has 1 saturated heterocycles. The van der Waals surface area contributed by atoms with Gasteiger partial charge in [-0.3, -0.25) is 0 Å². The zero-order valence-electron chi connectivity index (χ0n) is 10.8. The molecule has 98 valence electrons. The molecule has 0 saturated carbocycles. The maximum atomic E-state index is 5.51. The summed E-state index contributed by atoms with van der Waals surface area (Å²) >= 11 is 4.61. The molecule has 0 radical (unpaired) electrons. The van der Waals surface area contributed by atoms with Gasteiger partial charge in [0.05, 0.1) is 0 Å². The summed E-state index contributed by atoms with van der Waals surface area (Å²) in [6.45, 7) is 4.10. The highest BCUT2D eigenvalue weighted by atomic mass is 32.1. The Balaban J connectivity index is 1.77. The second kappa shape index (κ2) is 5.14. The van der Waals surface area contributed by atoms with Gasteiger partial charge in [-0.2, -0.15) is 12.6 Å². The molecule has 2 aliphatic rings. The molecule has 1 fully saturated rings. The van der Waals surface area contributed by atoms with Crippen molar-refractivity contribution in [3.05, 3.63) is 29.8 Å². The minimum Gasteiger partial charge on any atom is -0.381 e. The van der Waals surface area contributed by atoms with E-state index in [4.69, 9.17) is 4.74 Å². The SMILES string of the molecule is SCC1(CN2CCc3ccccc32)CCOCC1. The highest BCUT2D eigenvalue weighted by molar-refractivity contribution is 7.80. The standard InChI is InChI=1S/C15H21NOS/c18-12-15(6-9-17-10-7-15)11-16-8-5-13-3-1-2-4-14(13)16/h1-4,18H,5-12H2. The number of anilines is 1. The van der Waals surface area contributed by atoms with E-state index in [1.54, 1.807) is 0 Å². The molecule has 2 aliphatic heterocycles. The Morgan fingerprint density at radius 1 is 1.22 bits per heavy atom. The van der Waals surface area contributed by atoms with E-state index >= 15 is 0 Å². The first-order valence-electron chi connectivity index (χ1n) is 6.84. The number of fused-ring (bicyclic) bond motifs is 1. The monoisotopic (exact) mass is 263 g/mol. The van der Waals surface area contributed by atoms with E-state index < -0.39 is 0 Å². The van der Waals surface area contributed by atoms with Gasteiger partial charge in [-0.15, -0.1) is 0 Å². The Morgan fingerprint density at radius 3 is 2.78 bits per heavy atom. The molecule has 18 heavy (non-hydrogen) atoms. The Labute approximate surface area is 115 Å². The fraction of sp³-hybridized carbons (Fsp3) is 0.600. The molecule has 0 aromatic heterocycles. The average Bonchev–Trinajstić information content (AvgIpc) is 2.83. The summed E-state index contributed by atoms with van der Waals surface area (Å²) in [5, 5.41) is 0. The van der Waals surface area contributed by atoms with Crippen LogP contribution in [0.4, 0.5) is 5.69 Å². The van der Waals surface area contributed by atoms with Gasteiger partial charge in [0.2, 0.25) is 0 Å². The highest BCUT2D eigenvalue weighted by Gasteiger charge is 2.34. The third kappa shape index (κ3) is 2.26. The summed E-state index contributed by atoms with van der Waals surface area (Å²) in [5.74, 6) is 0.967. The minimum atomic E-state index is 0.346. The lowest BCUT2D eigenvalue weighted by Gasteiger charge is -2.39. The summed E-state index contributed by atoms with van der Waals surface area (Å²) in [4.78, 5) is 2.55. The van der Waals surface area contributed by atoms with Crippen molar-refractivity contribution in [2.45, 2.75) is 19.3 Å². The summed E-state index contributed by atoms with van der Waals surface area (Å²) in [6, 6.07) is 8.81. The van der Waals surface area contributed by atoms with Gasteiger partial charge in [0.15, 0.2) is 0 Å². The molecule has 0 amide bonds. The highest BCUT2D eigenvalue weighted by Crippen LogP contribution is 2.37. The Kier molecular flexibility index (Phi) is 3.53. The second-order valence-electron chi connectivity index (χ2n) is 5.57. The Hall–Kier alpha value is -0.670. The van der Waals surface area contributed by atoms with Crippen LogP contribution in [0.3, 0.4) is 0 Å². The smallest absolute Gasteiger partial charge is 0.0472 e. The molecule has 1 aromatic rings. The third-order valence-electron chi connectivity index (χ3n) is 4.40. The Morgan fingerprint density at radius 2 is 2.00 bits per heavy atom. The molecule has 0 spiro atoms. The second-order valence-corrected chi connectivity index (χ2v) is 5.89. The lowest BCUT2D eigenvalue weighted by Crippen LogP contribution is -2.42. The van der Waals surface area contributed by atoms with Crippen LogP contribution in [0.1, 0.15) is 18.4 Å². The van der Waals surface area contributed by atoms with Gasteiger partial charge in [0.1, 0.15) is 0 Å². The lowest BCUT2D eigenvalue weighted by molar-refractivity contribution is 0.0298. The number of hydrogen-bond acceptors (Lipinski definition) is 3. The van der Waals surface area contributed by atoms with Gasteiger partial charge >= 0.3 is 0 Å². The van der Waals surface area contributed by atoms with Crippen molar-refractivity contribution in [3.63, 3.8) is 0 Å². The molecule has 2 heterocycles. The summed E-state index contributed by atoms with van der Waals surface area (Å²) in [7, 11) is 0. The van der Waals surface area contributed by atoms with E-state index in [0.29, 0.717) is 5.41 Å². The molecule has 3 heteroatoms. The van der Waals surface area contributed by atoms with Crippen molar-refractivity contribution in [3.8, 4) is 0 Å². The van der Waals surface area contributed by atoms with Gasteiger partial charge in [-0.1, -0.05) is 18.2 Å². The van der Waals surface area contributed by atoms with Crippen LogP contribution < -0.4 is 4.90 Å². The molecular weight excluding hydrogens is 242 g/mol. The first-order chi connectivity index (χ1) is 8.83. The molecule has 0 atom stereocenters. The first-order valence-corrected chi connectivity index (χ1v) is 7.48. The van der Waals surface area contributed by atoms with Gasteiger partial charge < -0.3 is 9.64 Å². The zero-order valence-corrected chi connectivity index (χ0v) is 11.7. The zero-order chi connectivity index (χ0) is 12.4. The fourth-order valence-corrected chi connectivity index (χ4v) is 3.56. The molecule has 3 rings (SSSR count). The topological polar surface area (TPSA) is 12.5 Å². The van der Waals surface area contributed by atoms with E-state index in [1.807, 2.05) is 0 Å². The molecule has 1 aromatic carbocycles. The van der Waals surface area contributed by atoms with Crippen LogP contribution in [-0.2, 0) is 11.2 Å². The van der Waals surface area contributed by atoms with Crippen LogP contribution in [0, 0.1) is 5.41 Å². The molecule has 0 unspecified atom stereocenters. The van der Waals surface area contributed by atoms with Crippen molar-refractivity contribution in [1.29, 1.82) is 0 Å². The van der Waals surface area contributed by atoms with Crippen LogP contribution in [0.2, 0.25) is 0 Å². The predicted octanol–water partition coefficient (Wildman–Crippen LogP) is 2.78. The molecule has 0 bridgehead atoms. The van der Waals surface area contributed by atoms with Gasteiger partial charge in [0.25, 0.3) is 0 Å². The normalized spacial score (nSPS) is 21.9. The molecular formula is C15H21NOS. The third-order valence-corrected chi connectivity index (χ3v) is 5.07. The van der Waals surface area contributed by atoms with E-state index in [9.17, 15) is 0 Å². The minimum absolute atomic E-state index is 0.346. The van der Waals surface area contributed by atoms with Crippen LogP contribution in [0.15, 0.2) is 24.3 Å². The van der Waals surface area contributed by atoms with E-state index in [0.717, 1.165) is 44.9 Å². The predicted molar refractivity (Wildman–Crippen MR) is 78.7 cm³/mol. The van der Waals surface area contributed by atoms with E-state index in [2.05, 4.69) is 41.8 Å². The molecule has 0 N–H and O–H groups in total. The van der Waals surface area contributed by atoms with E-state index in [-0.39, 0.29) is 0 Å². The van der Waals surface area contributed by atoms with Crippen LogP contribution in [0.25, 0.3) is 0 Å². The number of hydrogen-bond donors (Lipinski definition) is 1. The maximum absolute atomic E-state index is 5.51. The summed E-state index contributed by atoms with van der Waals surface area (Å²) < 4.78 is 5.51. The Bertz CT molecular complexity index is 415. The van der Waals surface area contributed by atoms with Gasteiger partial charge in [-0.05, 0) is 36.6 Å². The van der Waals surface area contributed by atoms with Crippen LogP contribution in [0.5, 0.6) is 0 Å². The quantitative estimate of drug-likeness (QED) is 0.842. The largest absolute Gasteiger partial charge is 0.381 e. The number of thiol groups is 1.